The second kappa shape index (κ2) is 5.03. The Labute approximate surface area is 104 Å². The van der Waals surface area contributed by atoms with E-state index in [1.807, 2.05) is 6.07 Å². The van der Waals surface area contributed by atoms with Crippen molar-refractivity contribution >= 4 is 5.78 Å². The van der Waals surface area contributed by atoms with Gasteiger partial charge in [-0.15, -0.1) is 0 Å². The molecule has 1 heteroatoms. The SMILES string of the molecule is CC1(C)CCCC(=O)[C@@H]1CCc1ccccc1. The molecule has 17 heavy (non-hydrogen) atoms. The van der Waals surface area contributed by atoms with Gasteiger partial charge in [0.2, 0.25) is 0 Å². The zero-order chi connectivity index (χ0) is 12.3. The molecule has 2 rings (SSSR count). The molecule has 1 aliphatic rings. The highest BCUT2D eigenvalue weighted by molar-refractivity contribution is 5.82. The van der Waals surface area contributed by atoms with Gasteiger partial charge in [0.1, 0.15) is 5.78 Å². The van der Waals surface area contributed by atoms with Crippen LogP contribution in [0.5, 0.6) is 0 Å². The summed E-state index contributed by atoms with van der Waals surface area (Å²) in [7, 11) is 0. The number of carbonyl (C=O) groups excluding carboxylic acids is 1. The summed E-state index contributed by atoms with van der Waals surface area (Å²) in [4.78, 5) is 12.0. The predicted molar refractivity (Wildman–Crippen MR) is 70.9 cm³/mol. The largest absolute Gasteiger partial charge is 0.299 e. The molecule has 1 nitrogen and oxygen atoms in total. The quantitative estimate of drug-likeness (QED) is 0.766. The van der Waals surface area contributed by atoms with Gasteiger partial charge in [0.15, 0.2) is 0 Å². The first-order chi connectivity index (χ1) is 8.09. The van der Waals surface area contributed by atoms with Crippen molar-refractivity contribution in [3.05, 3.63) is 35.9 Å². The lowest BCUT2D eigenvalue weighted by atomic mass is 9.66. The molecule has 0 amide bonds. The van der Waals surface area contributed by atoms with Gasteiger partial charge in [0.05, 0.1) is 0 Å². The molecule has 92 valence electrons. The molecule has 0 bridgehead atoms. The molecule has 0 spiro atoms. The van der Waals surface area contributed by atoms with Crippen LogP contribution in [0.1, 0.15) is 45.1 Å². The van der Waals surface area contributed by atoms with Crippen molar-refractivity contribution in [1.29, 1.82) is 0 Å². The van der Waals surface area contributed by atoms with Gasteiger partial charge in [-0.1, -0.05) is 44.2 Å². The Bertz CT molecular complexity index is 378. The van der Waals surface area contributed by atoms with Crippen LogP contribution in [0.4, 0.5) is 0 Å². The fourth-order valence-corrected chi connectivity index (χ4v) is 3.01. The van der Waals surface area contributed by atoms with Crippen LogP contribution in [-0.2, 0) is 11.2 Å². The lowest BCUT2D eigenvalue weighted by Crippen LogP contribution is -2.35. The third-order valence-electron chi connectivity index (χ3n) is 4.14. The number of carbonyl (C=O) groups is 1. The molecule has 0 radical (unpaired) electrons. The van der Waals surface area contributed by atoms with Crippen LogP contribution in [0.25, 0.3) is 0 Å². The summed E-state index contributed by atoms with van der Waals surface area (Å²) >= 11 is 0. The van der Waals surface area contributed by atoms with E-state index in [2.05, 4.69) is 38.1 Å². The zero-order valence-electron chi connectivity index (χ0n) is 10.9. The average Bonchev–Trinajstić information content (AvgIpc) is 2.29. The van der Waals surface area contributed by atoms with Gasteiger partial charge in [0, 0.05) is 12.3 Å². The number of Topliss-reactive ketones (excluding diaryl/α,β-unsaturated/α-hetero) is 1. The molecule has 1 atom stereocenters. The standard InChI is InChI=1S/C16H22O/c1-16(2)12-6-9-15(17)14(16)11-10-13-7-4-3-5-8-13/h3-5,7-8,14H,6,9-12H2,1-2H3/t14-/m0/s1. The van der Waals surface area contributed by atoms with Crippen LogP contribution in [-0.4, -0.2) is 5.78 Å². The third kappa shape index (κ3) is 2.96. The van der Waals surface area contributed by atoms with Crippen LogP contribution in [0.2, 0.25) is 0 Å². The number of hydrogen-bond donors (Lipinski definition) is 0. The lowest BCUT2D eigenvalue weighted by molar-refractivity contribution is -0.129. The van der Waals surface area contributed by atoms with E-state index in [1.54, 1.807) is 0 Å². The van der Waals surface area contributed by atoms with E-state index in [4.69, 9.17) is 0 Å². The van der Waals surface area contributed by atoms with E-state index in [9.17, 15) is 4.79 Å². The van der Waals surface area contributed by atoms with Gasteiger partial charge in [0.25, 0.3) is 0 Å². The van der Waals surface area contributed by atoms with Crippen molar-refractivity contribution < 1.29 is 4.79 Å². The zero-order valence-corrected chi connectivity index (χ0v) is 10.9. The van der Waals surface area contributed by atoms with Gasteiger partial charge in [-0.25, -0.2) is 0 Å². The van der Waals surface area contributed by atoms with Crippen molar-refractivity contribution in [2.24, 2.45) is 11.3 Å². The topological polar surface area (TPSA) is 17.1 Å². The molecule has 1 aromatic rings. The summed E-state index contributed by atoms with van der Waals surface area (Å²) in [5.74, 6) is 0.744. The maximum Gasteiger partial charge on any atom is 0.136 e. The fraction of sp³-hybridized carbons (Fsp3) is 0.562. The van der Waals surface area contributed by atoms with E-state index < -0.39 is 0 Å². The Balaban J connectivity index is 1.99. The Morgan fingerprint density at radius 2 is 1.94 bits per heavy atom. The minimum absolute atomic E-state index is 0.199. The first kappa shape index (κ1) is 12.3. The average molecular weight is 230 g/mol. The molecule has 1 fully saturated rings. The molecule has 0 heterocycles. The van der Waals surface area contributed by atoms with Crippen molar-refractivity contribution in [2.75, 3.05) is 0 Å². The van der Waals surface area contributed by atoms with Crippen LogP contribution in [0.3, 0.4) is 0 Å². The molecular formula is C16H22O. The van der Waals surface area contributed by atoms with E-state index in [0.29, 0.717) is 5.78 Å². The monoisotopic (exact) mass is 230 g/mol. The second-order valence-corrected chi connectivity index (χ2v) is 5.89. The number of benzene rings is 1. The summed E-state index contributed by atoms with van der Waals surface area (Å²) in [5.41, 5.74) is 1.55. The highest BCUT2D eigenvalue weighted by Crippen LogP contribution is 2.40. The summed E-state index contributed by atoms with van der Waals surface area (Å²) in [6, 6.07) is 10.5. The summed E-state index contributed by atoms with van der Waals surface area (Å²) < 4.78 is 0. The molecule has 0 unspecified atom stereocenters. The Hall–Kier alpha value is -1.11. The van der Waals surface area contributed by atoms with Crippen molar-refractivity contribution in [2.45, 2.75) is 46.0 Å². The van der Waals surface area contributed by atoms with Crippen LogP contribution >= 0.6 is 0 Å². The van der Waals surface area contributed by atoms with Crippen molar-refractivity contribution in [3.8, 4) is 0 Å². The minimum Gasteiger partial charge on any atom is -0.299 e. The number of hydrogen-bond acceptors (Lipinski definition) is 1. The first-order valence-corrected chi connectivity index (χ1v) is 6.66. The highest BCUT2D eigenvalue weighted by Gasteiger charge is 2.37. The number of aryl methyl sites for hydroxylation is 1. The molecule has 0 saturated heterocycles. The van der Waals surface area contributed by atoms with Crippen molar-refractivity contribution in [3.63, 3.8) is 0 Å². The van der Waals surface area contributed by atoms with E-state index in [0.717, 1.165) is 25.7 Å². The molecule has 1 saturated carbocycles. The second-order valence-electron chi connectivity index (χ2n) is 5.89. The van der Waals surface area contributed by atoms with Gasteiger partial charge >= 0.3 is 0 Å². The number of ketones is 1. The maximum absolute atomic E-state index is 12.0. The maximum atomic E-state index is 12.0. The van der Waals surface area contributed by atoms with Gasteiger partial charge in [-0.3, -0.25) is 4.79 Å². The molecule has 0 aromatic heterocycles. The Morgan fingerprint density at radius 1 is 1.24 bits per heavy atom. The Morgan fingerprint density at radius 3 is 2.59 bits per heavy atom. The van der Waals surface area contributed by atoms with E-state index in [-0.39, 0.29) is 11.3 Å². The normalized spacial score (nSPS) is 23.6. The molecule has 0 aliphatic heterocycles. The van der Waals surface area contributed by atoms with E-state index >= 15 is 0 Å². The smallest absolute Gasteiger partial charge is 0.136 e. The summed E-state index contributed by atoms with van der Waals surface area (Å²) in [5, 5.41) is 0. The van der Waals surface area contributed by atoms with Gasteiger partial charge in [-0.05, 0) is 36.7 Å². The first-order valence-electron chi connectivity index (χ1n) is 6.66. The summed E-state index contributed by atoms with van der Waals surface area (Å²) in [6.07, 6.45) is 5.10. The third-order valence-corrected chi connectivity index (χ3v) is 4.14. The predicted octanol–water partition coefficient (Wildman–Crippen LogP) is 4.01. The molecule has 1 aromatic carbocycles. The van der Waals surface area contributed by atoms with Crippen molar-refractivity contribution in [1.82, 2.24) is 0 Å². The minimum atomic E-state index is 0.199. The van der Waals surface area contributed by atoms with Gasteiger partial charge in [-0.2, -0.15) is 0 Å². The lowest BCUT2D eigenvalue weighted by Gasteiger charge is -2.37. The fourth-order valence-electron chi connectivity index (χ4n) is 3.01. The van der Waals surface area contributed by atoms with E-state index in [1.165, 1.54) is 12.0 Å². The molecular weight excluding hydrogens is 208 g/mol. The van der Waals surface area contributed by atoms with Crippen LogP contribution < -0.4 is 0 Å². The molecule has 0 N–H and O–H groups in total. The number of rotatable bonds is 3. The van der Waals surface area contributed by atoms with Crippen LogP contribution in [0, 0.1) is 11.3 Å². The van der Waals surface area contributed by atoms with Gasteiger partial charge < -0.3 is 0 Å². The molecule has 1 aliphatic carbocycles. The Kier molecular flexibility index (Phi) is 3.66. The summed E-state index contributed by atoms with van der Waals surface area (Å²) in [6.45, 7) is 4.50. The van der Waals surface area contributed by atoms with Crippen LogP contribution in [0.15, 0.2) is 30.3 Å². The highest BCUT2D eigenvalue weighted by atomic mass is 16.1.